The Balaban J connectivity index is 2.14. The third-order valence-corrected chi connectivity index (χ3v) is 2.17. The number of carbonyl (C=O) groups is 2. The van der Waals surface area contributed by atoms with Crippen molar-refractivity contribution in [3.8, 4) is 5.75 Å². The van der Waals surface area contributed by atoms with Gasteiger partial charge in [0, 0.05) is 0 Å². The van der Waals surface area contributed by atoms with E-state index in [2.05, 4.69) is 0 Å². The SMILES string of the molecule is O=Cc1ccccc1OC(=O)C1CC1. The molecule has 0 unspecified atom stereocenters. The van der Waals surface area contributed by atoms with Crippen molar-refractivity contribution in [3.63, 3.8) is 0 Å². The number of hydrogen-bond acceptors (Lipinski definition) is 3. The van der Waals surface area contributed by atoms with Gasteiger partial charge in [0.1, 0.15) is 5.75 Å². The second kappa shape index (κ2) is 3.62. The molecule has 72 valence electrons. The Bertz CT molecular complexity index is 367. The van der Waals surface area contributed by atoms with Gasteiger partial charge in [-0.15, -0.1) is 0 Å². The lowest BCUT2D eigenvalue weighted by Gasteiger charge is -2.04. The lowest BCUT2D eigenvalue weighted by atomic mass is 10.2. The van der Waals surface area contributed by atoms with Gasteiger partial charge in [0.2, 0.25) is 0 Å². The molecule has 1 aliphatic rings. The summed E-state index contributed by atoms with van der Waals surface area (Å²) in [6.07, 6.45) is 2.50. The van der Waals surface area contributed by atoms with E-state index in [9.17, 15) is 9.59 Å². The van der Waals surface area contributed by atoms with Crippen LogP contribution in [0, 0.1) is 5.92 Å². The molecule has 1 fully saturated rings. The average Bonchev–Trinajstić information content (AvgIpc) is 3.02. The Morgan fingerprint density at radius 3 is 2.71 bits per heavy atom. The molecule has 0 bridgehead atoms. The van der Waals surface area contributed by atoms with Crippen LogP contribution < -0.4 is 4.74 Å². The van der Waals surface area contributed by atoms with Gasteiger partial charge in [-0.25, -0.2) is 0 Å². The van der Waals surface area contributed by atoms with Gasteiger partial charge in [0.05, 0.1) is 11.5 Å². The van der Waals surface area contributed by atoms with Crippen molar-refractivity contribution in [2.45, 2.75) is 12.8 Å². The van der Waals surface area contributed by atoms with Crippen molar-refractivity contribution in [2.75, 3.05) is 0 Å². The number of esters is 1. The topological polar surface area (TPSA) is 43.4 Å². The third-order valence-electron chi connectivity index (χ3n) is 2.17. The summed E-state index contributed by atoms with van der Waals surface area (Å²) < 4.78 is 5.09. The van der Waals surface area contributed by atoms with E-state index in [0.29, 0.717) is 17.6 Å². The fourth-order valence-corrected chi connectivity index (χ4v) is 1.18. The molecule has 1 aliphatic carbocycles. The Morgan fingerprint density at radius 2 is 2.07 bits per heavy atom. The summed E-state index contributed by atoms with van der Waals surface area (Å²) in [5.41, 5.74) is 0.418. The summed E-state index contributed by atoms with van der Waals surface area (Å²) in [6.45, 7) is 0. The van der Waals surface area contributed by atoms with Gasteiger partial charge in [-0.3, -0.25) is 9.59 Å². The molecule has 14 heavy (non-hydrogen) atoms. The molecule has 3 heteroatoms. The predicted molar refractivity (Wildman–Crippen MR) is 50.2 cm³/mol. The third kappa shape index (κ3) is 1.82. The molecule has 1 saturated carbocycles. The highest BCUT2D eigenvalue weighted by Crippen LogP contribution is 2.31. The van der Waals surface area contributed by atoms with E-state index in [1.165, 1.54) is 0 Å². The maximum atomic E-state index is 11.3. The van der Waals surface area contributed by atoms with Crippen molar-refractivity contribution in [2.24, 2.45) is 5.92 Å². The Hall–Kier alpha value is -1.64. The molecule has 0 aliphatic heterocycles. The standard InChI is InChI=1S/C11H10O3/c12-7-9-3-1-2-4-10(9)14-11(13)8-5-6-8/h1-4,7-8H,5-6H2. The van der Waals surface area contributed by atoms with E-state index in [1.54, 1.807) is 24.3 Å². The number of aldehydes is 1. The molecule has 0 radical (unpaired) electrons. The van der Waals surface area contributed by atoms with Gasteiger partial charge >= 0.3 is 5.97 Å². The van der Waals surface area contributed by atoms with Crippen LogP contribution in [0.2, 0.25) is 0 Å². The second-order valence-corrected chi connectivity index (χ2v) is 3.35. The van der Waals surface area contributed by atoms with E-state index < -0.39 is 0 Å². The highest BCUT2D eigenvalue weighted by atomic mass is 16.5. The molecular weight excluding hydrogens is 180 g/mol. The Morgan fingerprint density at radius 1 is 1.36 bits per heavy atom. The van der Waals surface area contributed by atoms with E-state index in [-0.39, 0.29) is 11.9 Å². The summed E-state index contributed by atoms with van der Waals surface area (Å²) in [6, 6.07) is 6.73. The number of ether oxygens (including phenoxy) is 1. The lowest BCUT2D eigenvalue weighted by Crippen LogP contribution is -2.10. The van der Waals surface area contributed by atoms with Crippen LogP contribution in [0.3, 0.4) is 0 Å². The van der Waals surface area contributed by atoms with Crippen molar-refractivity contribution < 1.29 is 14.3 Å². The molecule has 0 saturated heterocycles. The molecule has 1 aromatic carbocycles. The number of para-hydroxylation sites is 1. The predicted octanol–water partition coefficient (Wildman–Crippen LogP) is 1.81. The van der Waals surface area contributed by atoms with Gasteiger partial charge in [-0.05, 0) is 25.0 Å². The van der Waals surface area contributed by atoms with E-state index in [0.717, 1.165) is 12.8 Å². The van der Waals surface area contributed by atoms with Crippen LogP contribution in [-0.4, -0.2) is 12.3 Å². The maximum Gasteiger partial charge on any atom is 0.314 e. The fraction of sp³-hybridized carbons (Fsp3) is 0.273. The van der Waals surface area contributed by atoms with Crippen LogP contribution in [0.4, 0.5) is 0 Å². The zero-order valence-electron chi connectivity index (χ0n) is 7.60. The van der Waals surface area contributed by atoms with Crippen molar-refractivity contribution in [1.29, 1.82) is 0 Å². The highest BCUT2D eigenvalue weighted by Gasteiger charge is 2.31. The summed E-state index contributed by atoms with van der Waals surface area (Å²) in [5, 5.41) is 0. The maximum absolute atomic E-state index is 11.3. The minimum atomic E-state index is -0.223. The molecule has 2 rings (SSSR count). The number of benzene rings is 1. The van der Waals surface area contributed by atoms with Crippen molar-refractivity contribution in [3.05, 3.63) is 29.8 Å². The molecule has 3 nitrogen and oxygen atoms in total. The molecule has 0 heterocycles. The van der Waals surface area contributed by atoms with Crippen LogP contribution in [0.5, 0.6) is 5.75 Å². The zero-order valence-corrected chi connectivity index (χ0v) is 7.60. The monoisotopic (exact) mass is 190 g/mol. The Kier molecular flexibility index (Phi) is 2.31. The van der Waals surface area contributed by atoms with Gasteiger partial charge in [0.25, 0.3) is 0 Å². The number of hydrogen-bond donors (Lipinski definition) is 0. The summed E-state index contributed by atoms with van der Waals surface area (Å²) in [4.78, 5) is 21.9. The average molecular weight is 190 g/mol. The minimum absolute atomic E-state index is 0.0507. The molecular formula is C11H10O3. The summed E-state index contributed by atoms with van der Waals surface area (Å²) in [5.74, 6) is 0.188. The molecule has 0 spiro atoms. The Labute approximate surface area is 81.7 Å². The normalized spacial score (nSPS) is 14.9. The fourth-order valence-electron chi connectivity index (χ4n) is 1.18. The minimum Gasteiger partial charge on any atom is -0.426 e. The lowest BCUT2D eigenvalue weighted by molar-refractivity contribution is -0.135. The van der Waals surface area contributed by atoms with Crippen molar-refractivity contribution in [1.82, 2.24) is 0 Å². The van der Waals surface area contributed by atoms with Gasteiger partial charge in [-0.1, -0.05) is 12.1 Å². The van der Waals surface area contributed by atoms with E-state index in [4.69, 9.17) is 4.74 Å². The first-order chi connectivity index (χ1) is 6.81. The van der Waals surface area contributed by atoms with Crippen LogP contribution in [-0.2, 0) is 4.79 Å². The summed E-state index contributed by atoms with van der Waals surface area (Å²) >= 11 is 0. The van der Waals surface area contributed by atoms with Crippen LogP contribution in [0.15, 0.2) is 24.3 Å². The zero-order chi connectivity index (χ0) is 9.97. The van der Waals surface area contributed by atoms with E-state index in [1.807, 2.05) is 0 Å². The number of rotatable bonds is 3. The van der Waals surface area contributed by atoms with Gasteiger partial charge < -0.3 is 4.74 Å². The molecule has 0 amide bonds. The van der Waals surface area contributed by atoms with E-state index >= 15 is 0 Å². The summed E-state index contributed by atoms with van der Waals surface area (Å²) in [7, 11) is 0. The first kappa shape index (κ1) is 8.94. The quantitative estimate of drug-likeness (QED) is 0.415. The molecule has 0 aromatic heterocycles. The number of carbonyl (C=O) groups excluding carboxylic acids is 2. The molecule has 0 atom stereocenters. The van der Waals surface area contributed by atoms with Gasteiger partial charge in [-0.2, -0.15) is 0 Å². The molecule has 1 aromatic rings. The highest BCUT2D eigenvalue weighted by molar-refractivity contribution is 5.83. The van der Waals surface area contributed by atoms with Gasteiger partial charge in [0.15, 0.2) is 6.29 Å². The first-order valence-electron chi connectivity index (χ1n) is 4.57. The molecule has 0 N–H and O–H groups in total. The largest absolute Gasteiger partial charge is 0.426 e. The smallest absolute Gasteiger partial charge is 0.314 e. The van der Waals surface area contributed by atoms with Crippen LogP contribution in [0.1, 0.15) is 23.2 Å². The first-order valence-corrected chi connectivity index (χ1v) is 4.57. The van der Waals surface area contributed by atoms with Crippen molar-refractivity contribution >= 4 is 12.3 Å². The van der Waals surface area contributed by atoms with Crippen LogP contribution >= 0.6 is 0 Å². The second-order valence-electron chi connectivity index (χ2n) is 3.35. The van der Waals surface area contributed by atoms with Crippen LogP contribution in [0.25, 0.3) is 0 Å².